The Balaban J connectivity index is 1.44. The number of alkyl halides is 1. The van der Waals surface area contributed by atoms with E-state index in [2.05, 4.69) is 56.7 Å². The van der Waals surface area contributed by atoms with Gasteiger partial charge in [0.1, 0.15) is 13.2 Å². The summed E-state index contributed by atoms with van der Waals surface area (Å²) in [7, 11) is 4.30. The van der Waals surface area contributed by atoms with Crippen LogP contribution >= 0.6 is 11.6 Å². The lowest BCUT2D eigenvalue weighted by Crippen LogP contribution is -2.51. The SMILES string of the molecule is CCCCc1cc2ccccc2c(OCC[N+](C)(C)C2=CC[C@@](Cl)(C3CNCCO3)C=C2N)n1. The van der Waals surface area contributed by atoms with Gasteiger partial charge in [-0.1, -0.05) is 31.5 Å². The Morgan fingerprint density at radius 1 is 1.32 bits per heavy atom. The molecule has 0 saturated carbocycles. The van der Waals surface area contributed by atoms with Gasteiger partial charge in [0.25, 0.3) is 0 Å². The number of morpholine rings is 1. The first-order chi connectivity index (χ1) is 16.3. The lowest BCUT2D eigenvalue weighted by molar-refractivity contribution is -0.850. The summed E-state index contributed by atoms with van der Waals surface area (Å²) in [5.74, 6) is 0.715. The molecule has 1 aliphatic carbocycles. The number of hydrogen-bond donors (Lipinski definition) is 2. The molecule has 0 amide bonds. The minimum atomic E-state index is -0.612. The van der Waals surface area contributed by atoms with E-state index >= 15 is 0 Å². The number of nitrogens with two attached hydrogens (primary N) is 1. The van der Waals surface area contributed by atoms with Gasteiger partial charge in [-0.2, -0.15) is 0 Å². The van der Waals surface area contributed by atoms with Crippen LogP contribution in [0.2, 0.25) is 0 Å². The molecule has 1 fully saturated rings. The number of unbranched alkanes of at least 4 members (excludes halogenated alkanes) is 1. The van der Waals surface area contributed by atoms with E-state index in [1.54, 1.807) is 0 Å². The summed E-state index contributed by atoms with van der Waals surface area (Å²) in [5.41, 5.74) is 9.40. The molecule has 34 heavy (non-hydrogen) atoms. The number of quaternary nitrogens is 1. The van der Waals surface area contributed by atoms with E-state index in [9.17, 15) is 0 Å². The predicted octanol–water partition coefficient (Wildman–Crippen LogP) is 4.13. The smallest absolute Gasteiger partial charge is 0.221 e. The fourth-order valence-electron chi connectivity index (χ4n) is 4.76. The van der Waals surface area contributed by atoms with Crippen LogP contribution in [0.15, 0.2) is 53.9 Å². The van der Waals surface area contributed by atoms with Gasteiger partial charge < -0.3 is 20.5 Å². The summed E-state index contributed by atoms with van der Waals surface area (Å²) >= 11 is 6.95. The summed E-state index contributed by atoms with van der Waals surface area (Å²) in [6.07, 6.45) is 7.98. The maximum Gasteiger partial charge on any atom is 0.221 e. The zero-order valence-corrected chi connectivity index (χ0v) is 21.4. The van der Waals surface area contributed by atoms with Crippen LogP contribution in [0.1, 0.15) is 31.9 Å². The molecular formula is C27H38ClN4O2+. The lowest BCUT2D eigenvalue weighted by Gasteiger charge is -2.40. The highest BCUT2D eigenvalue weighted by Crippen LogP contribution is 2.37. The molecule has 0 bridgehead atoms. The second-order valence-electron chi connectivity index (χ2n) is 9.88. The first-order valence-electron chi connectivity index (χ1n) is 12.4. The van der Waals surface area contributed by atoms with Crippen molar-refractivity contribution < 1.29 is 14.0 Å². The number of hydrogen-bond acceptors (Lipinski definition) is 5. The summed E-state index contributed by atoms with van der Waals surface area (Å²) < 4.78 is 12.8. The number of rotatable bonds is 9. The molecule has 2 aliphatic rings. The highest BCUT2D eigenvalue weighted by atomic mass is 35.5. The monoisotopic (exact) mass is 485 g/mol. The van der Waals surface area contributed by atoms with Gasteiger partial charge in [0.05, 0.1) is 37.4 Å². The number of likely N-dealkylation sites (N-methyl/N-ethyl adjacent to an activating group) is 1. The second-order valence-corrected chi connectivity index (χ2v) is 10.6. The van der Waals surface area contributed by atoms with Gasteiger partial charge in [-0.15, -0.1) is 11.6 Å². The van der Waals surface area contributed by atoms with Crippen LogP contribution in [0.4, 0.5) is 0 Å². The predicted molar refractivity (Wildman–Crippen MR) is 139 cm³/mol. The molecule has 1 aromatic heterocycles. The first kappa shape index (κ1) is 25.0. The molecule has 2 aromatic rings. The van der Waals surface area contributed by atoms with Crippen molar-refractivity contribution in [2.45, 2.75) is 43.6 Å². The van der Waals surface area contributed by atoms with Crippen LogP contribution in [-0.2, 0) is 11.2 Å². The molecule has 1 unspecified atom stereocenters. The van der Waals surface area contributed by atoms with Gasteiger partial charge in [-0.3, -0.25) is 4.48 Å². The number of pyridine rings is 1. The van der Waals surface area contributed by atoms with Crippen molar-refractivity contribution in [1.29, 1.82) is 0 Å². The van der Waals surface area contributed by atoms with E-state index in [0.717, 1.165) is 55.7 Å². The van der Waals surface area contributed by atoms with E-state index in [0.29, 0.717) is 35.7 Å². The van der Waals surface area contributed by atoms with Crippen LogP contribution < -0.4 is 15.8 Å². The second kappa shape index (κ2) is 10.6. The van der Waals surface area contributed by atoms with Crippen molar-refractivity contribution in [1.82, 2.24) is 10.3 Å². The molecule has 7 heteroatoms. The normalized spacial score (nSPS) is 23.5. The number of ether oxygens (including phenoxy) is 2. The molecule has 2 heterocycles. The van der Waals surface area contributed by atoms with Crippen molar-refractivity contribution in [2.75, 3.05) is 46.9 Å². The summed E-state index contributed by atoms with van der Waals surface area (Å²) in [5, 5.41) is 5.58. The maximum atomic E-state index is 6.95. The van der Waals surface area contributed by atoms with Crippen LogP contribution in [0.25, 0.3) is 10.8 Å². The standard InChI is InChI=1S/C27H38ClN4O2/c1-4-5-9-21-17-20-8-6-7-10-22(20)26(31-21)34-16-14-32(2,3)24-11-12-27(28,18-23(24)29)25-19-30-13-15-33-25/h6-8,10-11,17-18,25,30H,4-5,9,12-16,19,29H2,1-3H3/q+1/t25?,27-/m0/s1. The zero-order valence-electron chi connectivity index (χ0n) is 20.6. The molecule has 1 aromatic carbocycles. The first-order valence-corrected chi connectivity index (χ1v) is 12.8. The molecule has 4 rings (SSSR count). The van der Waals surface area contributed by atoms with Crippen molar-refractivity contribution >= 4 is 22.4 Å². The van der Waals surface area contributed by atoms with Gasteiger partial charge in [0.2, 0.25) is 5.88 Å². The average molecular weight is 486 g/mol. The molecule has 2 atom stereocenters. The number of benzene rings is 1. The Morgan fingerprint density at radius 3 is 2.88 bits per heavy atom. The molecule has 3 N–H and O–H groups in total. The molecule has 6 nitrogen and oxygen atoms in total. The average Bonchev–Trinajstić information content (AvgIpc) is 2.83. The van der Waals surface area contributed by atoms with Crippen molar-refractivity contribution in [3.8, 4) is 5.88 Å². The van der Waals surface area contributed by atoms with Crippen LogP contribution in [0.3, 0.4) is 0 Å². The molecule has 0 radical (unpaired) electrons. The third-order valence-electron chi connectivity index (χ3n) is 6.85. The fraction of sp³-hybridized carbons (Fsp3) is 0.519. The van der Waals surface area contributed by atoms with Gasteiger partial charge in [0.15, 0.2) is 5.70 Å². The number of nitrogens with zero attached hydrogens (tertiary/aromatic N) is 2. The third-order valence-corrected chi connectivity index (χ3v) is 7.36. The van der Waals surface area contributed by atoms with Crippen molar-refractivity contribution in [2.24, 2.45) is 5.73 Å². The maximum absolute atomic E-state index is 6.95. The van der Waals surface area contributed by atoms with Gasteiger partial charge >= 0.3 is 0 Å². The van der Waals surface area contributed by atoms with Crippen molar-refractivity contribution in [3.63, 3.8) is 0 Å². The van der Waals surface area contributed by atoms with Crippen LogP contribution in [0, 0.1) is 0 Å². The molecule has 1 saturated heterocycles. The number of halogens is 1. The fourth-order valence-corrected chi connectivity index (χ4v) is 5.10. The van der Waals surface area contributed by atoms with E-state index in [1.807, 2.05) is 12.1 Å². The highest BCUT2D eigenvalue weighted by Gasteiger charge is 2.41. The van der Waals surface area contributed by atoms with Gasteiger partial charge in [-0.25, -0.2) is 4.98 Å². The quantitative estimate of drug-likeness (QED) is 0.413. The Kier molecular flexibility index (Phi) is 7.83. The number of allylic oxidation sites excluding steroid dienone is 1. The van der Waals surface area contributed by atoms with Crippen molar-refractivity contribution in [3.05, 3.63) is 59.6 Å². The largest absolute Gasteiger partial charge is 0.471 e. The number of nitrogens with one attached hydrogen (secondary N) is 1. The van der Waals surface area contributed by atoms with Gasteiger partial charge in [-0.05, 0) is 48.9 Å². The molecular weight excluding hydrogens is 448 g/mol. The summed E-state index contributed by atoms with van der Waals surface area (Å²) in [4.78, 5) is 4.23. The molecule has 1 aliphatic heterocycles. The van der Waals surface area contributed by atoms with E-state index in [1.165, 1.54) is 5.39 Å². The zero-order chi connectivity index (χ0) is 24.2. The Morgan fingerprint density at radius 2 is 2.15 bits per heavy atom. The van der Waals surface area contributed by atoms with Gasteiger partial charge in [0, 0.05) is 24.2 Å². The Hall–Kier alpha value is -2.12. The Bertz CT molecular complexity index is 1060. The molecule has 184 valence electrons. The minimum Gasteiger partial charge on any atom is -0.471 e. The Labute approximate surface area is 208 Å². The molecule has 0 spiro atoms. The van der Waals surface area contributed by atoms with E-state index in [4.69, 9.17) is 31.8 Å². The third kappa shape index (κ3) is 5.57. The van der Waals surface area contributed by atoms with E-state index < -0.39 is 4.87 Å². The van der Waals surface area contributed by atoms with E-state index in [-0.39, 0.29) is 6.10 Å². The number of fused-ring (bicyclic) bond motifs is 1. The van der Waals surface area contributed by atoms with Crippen LogP contribution in [0.5, 0.6) is 5.88 Å². The summed E-state index contributed by atoms with van der Waals surface area (Å²) in [6, 6.07) is 10.5. The highest BCUT2D eigenvalue weighted by molar-refractivity contribution is 6.26. The minimum absolute atomic E-state index is 0.0856. The topological polar surface area (TPSA) is 69.4 Å². The number of aryl methyl sites for hydroxylation is 1. The summed E-state index contributed by atoms with van der Waals surface area (Å²) in [6.45, 7) is 5.76. The lowest BCUT2D eigenvalue weighted by atomic mass is 9.89. The number of aromatic nitrogens is 1. The van der Waals surface area contributed by atoms with Crippen LogP contribution in [-0.4, -0.2) is 67.4 Å².